The SMILES string of the molecule is NCc1nc(-c2ccc(F)cn2)no1. The molecule has 2 N–H and O–H groups in total. The van der Waals surface area contributed by atoms with Crippen LogP contribution in [0.15, 0.2) is 22.9 Å². The normalized spacial score (nSPS) is 10.4. The molecule has 5 nitrogen and oxygen atoms in total. The molecule has 0 fully saturated rings. The van der Waals surface area contributed by atoms with Gasteiger partial charge in [0.1, 0.15) is 11.5 Å². The summed E-state index contributed by atoms with van der Waals surface area (Å²) in [5, 5.41) is 3.64. The third-order valence-corrected chi connectivity index (χ3v) is 1.60. The van der Waals surface area contributed by atoms with Crippen LogP contribution in [-0.2, 0) is 6.54 Å². The smallest absolute Gasteiger partial charge is 0.240 e. The van der Waals surface area contributed by atoms with Gasteiger partial charge in [0.05, 0.1) is 12.7 Å². The molecule has 72 valence electrons. The molecule has 0 aromatic carbocycles. The molecule has 6 heteroatoms. The van der Waals surface area contributed by atoms with Crippen molar-refractivity contribution in [3.63, 3.8) is 0 Å². The average Bonchev–Trinajstić information content (AvgIpc) is 2.67. The van der Waals surface area contributed by atoms with Crippen molar-refractivity contribution in [3.05, 3.63) is 30.0 Å². The number of nitrogens with zero attached hydrogens (tertiary/aromatic N) is 3. The third-order valence-electron chi connectivity index (χ3n) is 1.60. The van der Waals surface area contributed by atoms with E-state index in [4.69, 9.17) is 10.3 Å². The van der Waals surface area contributed by atoms with Gasteiger partial charge in [0.2, 0.25) is 11.7 Å². The lowest BCUT2D eigenvalue weighted by atomic mass is 10.3. The molecular formula is C8H7FN4O. The van der Waals surface area contributed by atoms with Crippen molar-refractivity contribution in [3.8, 4) is 11.5 Å². The summed E-state index contributed by atoms with van der Waals surface area (Å²) < 4.78 is 17.3. The quantitative estimate of drug-likeness (QED) is 0.762. The van der Waals surface area contributed by atoms with Gasteiger partial charge in [0, 0.05) is 0 Å². The zero-order chi connectivity index (χ0) is 9.97. The van der Waals surface area contributed by atoms with Crippen LogP contribution in [-0.4, -0.2) is 15.1 Å². The van der Waals surface area contributed by atoms with Gasteiger partial charge < -0.3 is 10.3 Å². The van der Waals surface area contributed by atoms with Gasteiger partial charge in [0.15, 0.2) is 0 Å². The maximum absolute atomic E-state index is 12.5. The fraction of sp³-hybridized carbons (Fsp3) is 0.125. The van der Waals surface area contributed by atoms with Crippen LogP contribution in [0.5, 0.6) is 0 Å². The van der Waals surface area contributed by atoms with Crippen LogP contribution in [0.1, 0.15) is 5.89 Å². The number of rotatable bonds is 2. The predicted octanol–water partition coefficient (Wildman–Crippen LogP) is 0.729. The second kappa shape index (κ2) is 3.51. The molecule has 0 aliphatic rings. The minimum atomic E-state index is -0.406. The van der Waals surface area contributed by atoms with Gasteiger partial charge in [-0.05, 0) is 12.1 Å². The second-order valence-corrected chi connectivity index (χ2v) is 2.58. The first-order valence-corrected chi connectivity index (χ1v) is 3.94. The van der Waals surface area contributed by atoms with Crippen molar-refractivity contribution in [1.29, 1.82) is 0 Å². The van der Waals surface area contributed by atoms with E-state index in [0.717, 1.165) is 6.20 Å². The summed E-state index contributed by atoms with van der Waals surface area (Å²) in [7, 11) is 0. The minimum absolute atomic E-state index is 0.175. The summed E-state index contributed by atoms with van der Waals surface area (Å²) in [6.45, 7) is 0.175. The molecule has 0 saturated carbocycles. The van der Waals surface area contributed by atoms with Crippen molar-refractivity contribution in [2.45, 2.75) is 6.54 Å². The summed E-state index contributed by atoms with van der Waals surface area (Å²) in [6, 6.07) is 2.75. The molecule has 0 aliphatic heterocycles. The first-order valence-electron chi connectivity index (χ1n) is 3.94. The zero-order valence-corrected chi connectivity index (χ0v) is 7.14. The first-order chi connectivity index (χ1) is 6.79. The highest BCUT2D eigenvalue weighted by molar-refractivity contribution is 5.47. The van der Waals surface area contributed by atoms with E-state index in [1.165, 1.54) is 12.1 Å². The number of aromatic nitrogens is 3. The first kappa shape index (κ1) is 8.76. The Morgan fingerprint density at radius 1 is 1.43 bits per heavy atom. The molecule has 0 amide bonds. The highest BCUT2D eigenvalue weighted by Gasteiger charge is 2.07. The Bertz CT molecular complexity index is 425. The van der Waals surface area contributed by atoms with E-state index in [9.17, 15) is 4.39 Å². The summed E-state index contributed by atoms with van der Waals surface area (Å²) in [4.78, 5) is 7.74. The van der Waals surface area contributed by atoms with Gasteiger partial charge in [0.25, 0.3) is 0 Å². The highest BCUT2D eigenvalue weighted by Crippen LogP contribution is 2.12. The number of hydrogen-bond donors (Lipinski definition) is 1. The lowest BCUT2D eigenvalue weighted by Gasteiger charge is -1.91. The van der Waals surface area contributed by atoms with Gasteiger partial charge in [-0.15, -0.1) is 0 Å². The van der Waals surface area contributed by atoms with Crippen molar-refractivity contribution in [1.82, 2.24) is 15.1 Å². The molecule has 0 saturated heterocycles. The van der Waals surface area contributed by atoms with Crippen LogP contribution in [0.2, 0.25) is 0 Å². The lowest BCUT2D eigenvalue weighted by molar-refractivity contribution is 0.380. The lowest BCUT2D eigenvalue weighted by Crippen LogP contribution is -1.95. The molecule has 2 heterocycles. The Labute approximate surface area is 78.8 Å². The molecular weight excluding hydrogens is 187 g/mol. The number of hydrogen-bond acceptors (Lipinski definition) is 5. The minimum Gasteiger partial charge on any atom is -0.338 e. The number of nitrogens with two attached hydrogens (primary N) is 1. The summed E-state index contributed by atoms with van der Waals surface area (Å²) in [6.07, 6.45) is 1.09. The standard InChI is InChI=1S/C8H7FN4O/c9-5-1-2-6(11-4-5)8-12-7(3-10)14-13-8/h1-2,4H,3,10H2. The maximum atomic E-state index is 12.5. The summed E-state index contributed by atoms with van der Waals surface area (Å²) >= 11 is 0. The summed E-state index contributed by atoms with van der Waals surface area (Å²) in [5.41, 5.74) is 5.74. The number of pyridine rings is 1. The Morgan fingerprint density at radius 3 is 2.86 bits per heavy atom. The van der Waals surface area contributed by atoms with Crippen LogP contribution >= 0.6 is 0 Å². The topological polar surface area (TPSA) is 77.8 Å². The molecule has 0 unspecified atom stereocenters. The van der Waals surface area contributed by atoms with E-state index < -0.39 is 5.82 Å². The second-order valence-electron chi connectivity index (χ2n) is 2.58. The van der Waals surface area contributed by atoms with Crippen molar-refractivity contribution >= 4 is 0 Å². The molecule has 0 radical (unpaired) electrons. The largest absolute Gasteiger partial charge is 0.338 e. The van der Waals surface area contributed by atoms with Gasteiger partial charge >= 0.3 is 0 Å². The average molecular weight is 194 g/mol. The van der Waals surface area contributed by atoms with Crippen LogP contribution in [0, 0.1) is 5.82 Å². The molecule has 0 aliphatic carbocycles. The monoisotopic (exact) mass is 194 g/mol. The van der Waals surface area contributed by atoms with Crippen molar-refractivity contribution in [2.24, 2.45) is 5.73 Å². The van der Waals surface area contributed by atoms with E-state index in [1.807, 2.05) is 0 Å². The molecule has 0 bridgehead atoms. The molecule has 14 heavy (non-hydrogen) atoms. The van der Waals surface area contributed by atoms with E-state index in [2.05, 4.69) is 15.1 Å². The number of halogens is 1. The Kier molecular flexibility index (Phi) is 2.19. The molecule has 2 rings (SSSR count). The fourth-order valence-electron chi connectivity index (χ4n) is 0.950. The van der Waals surface area contributed by atoms with Gasteiger partial charge in [-0.1, -0.05) is 5.16 Å². The van der Waals surface area contributed by atoms with Gasteiger partial charge in [-0.2, -0.15) is 4.98 Å². The Balaban J connectivity index is 2.34. The molecule has 2 aromatic rings. The van der Waals surface area contributed by atoms with Crippen LogP contribution in [0.4, 0.5) is 4.39 Å². The molecule has 0 atom stereocenters. The van der Waals surface area contributed by atoms with E-state index in [-0.39, 0.29) is 6.54 Å². The van der Waals surface area contributed by atoms with Gasteiger partial charge in [-0.3, -0.25) is 0 Å². The third kappa shape index (κ3) is 1.60. The highest BCUT2D eigenvalue weighted by atomic mass is 19.1. The summed E-state index contributed by atoms with van der Waals surface area (Å²) in [5.74, 6) is 0.230. The fourth-order valence-corrected chi connectivity index (χ4v) is 0.950. The van der Waals surface area contributed by atoms with Crippen LogP contribution < -0.4 is 5.73 Å². The van der Waals surface area contributed by atoms with E-state index in [0.29, 0.717) is 17.4 Å². The maximum Gasteiger partial charge on any atom is 0.240 e. The van der Waals surface area contributed by atoms with Crippen molar-refractivity contribution in [2.75, 3.05) is 0 Å². The Hall–Kier alpha value is -1.82. The van der Waals surface area contributed by atoms with E-state index in [1.54, 1.807) is 0 Å². The van der Waals surface area contributed by atoms with Crippen LogP contribution in [0.3, 0.4) is 0 Å². The van der Waals surface area contributed by atoms with Crippen molar-refractivity contribution < 1.29 is 8.91 Å². The Morgan fingerprint density at radius 2 is 2.29 bits per heavy atom. The van der Waals surface area contributed by atoms with E-state index >= 15 is 0 Å². The van der Waals surface area contributed by atoms with Gasteiger partial charge in [-0.25, -0.2) is 9.37 Å². The molecule has 0 spiro atoms. The predicted molar refractivity (Wildman–Crippen MR) is 45.4 cm³/mol. The van der Waals surface area contributed by atoms with Crippen LogP contribution in [0.25, 0.3) is 11.5 Å². The zero-order valence-electron chi connectivity index (χ0n) is 7.14. The molecule has 2 aromatic heterocycles.